The van der Waals surface area contributed by atoms with Gasteiger partial charge in [0.05, 0.1) is 6.61 Å². The summed E-state index contributed by atoms with van der Waals surface area (Å²) in [4.78, 5) is 11.5. The molecule has 0 radical (unpaired) electrons. The summed E-state index contributed by atoms with van der Waals surface area (Å²) in [5.41, 5.74) is 2.31. The van der Waals surface area contributed by atoms with Crippen LogP contribution >= 0.6 is 12.4 Å². The van der Waals surface area contributed by atoms with Crippen molar-refractivity contribution in [1.29, 1.82) is 0 Å². The third kappa shape index (κ3) is 5.56. The van der Waals surface area contributed by atoms with Crippen LogP contribution < -0.4 is 20.1 Å². The summed E-state index contributed by atoms with van der Waals surface area (Å²) >= 11 is 0. The van der Waals surface area contributed by atoms with Gasteiger partial charge < -0.3 is 20.1 Å². The monoisotopic (exact) mass is 356 g/mol. The van der Waals surface area contributed by atoms with Crippen molar-refractivity contribution in [2.45, 2.75) is 46.8 Å². The fourth-order valence-corrected chi connectivity index (χ4v) is 2.61. The van der Waals surface area contributed by atoms with E-state index in [0.29, 0.717) is 19.7 Å². The van der Waals surface area contributed by atoms with E-state index in [9.17, 15) is 4.79 Å². The van der Waals surface area contributed by atoms with Gasteiger partial charge in [0.1, 0.15) is 17.6 Å². The molecule has 1 aromatic carbocycles. The highest BCUT2D eigenvalue weighted by Gasteiger charge is 2.21. The van der Waals surface area contributed by atoms with Gasteiger partial charge in [0, 0.05) is 43.1 Å². The van der Waals surface area contributed by atoms with Crippen molar-refractivity contribution in [2.24, 2.45) is 5.92 Å². The van der Waals surface area contributed by atoms with Gasteiger partial charge in [0.2, 0.25) is 5.91 Å². The smallest absolute Gasteiger partial charge is 0.222 e. The summed E-state index contributed by atoms with van der Waals surface area (Å²) in [7, 11) is 0. The predicted octanol–water partition coefficient (Wildman–Crippen LogP) is 2.69. The number of halogens is 1. The van der Waals surface area contributed by atoms with E-state index in [1.165, 1.54) is 5.56 Å². The first-order valence-corrected chi connectivity index (χ1v) is 8.45. The Morgan fingerprint density at radius 2 is 2.12 bits per heavy atom. The van der Waals surface area contributed by atoms with Gasteiger partial charge in [-0.15, -0.1) is 12.4 Å². The zero-order valence-corrected chi connectivity index (χ0v) is 15.8. The number of benzene rings is 1. The van der Waals surface area contributed by atoms with E-state index >= 15 is 0 Å². The van der Waals surface area contributed by atoms with Crippen molar-refractivity contribution in [3.63, 3.8) is 0 Å². The van der Waals surface area contributed by atoms with Gasteiger partial charge in [-0.3, -0.25) is 4.79 Å². The zero-order valence-electron chi connectivity index (χ0n) is 15.0. The number of carbonyl (C=O) groups excluding carboxylic acids is 1. The minimum absolute atomic E-state index is 0. The highest BCUT2D eigenvalue weighted by Crippen LogP contribution is 2.35. The molecule has 24 heavy (non-hydrogen) atoms. The van der Waals surface area contributed by atoms with Gasteiger partial charge in [-0.05, 0) is 26.0 Å². The Balaban J connectivity index is 0.00000288. The Morgan fingerprint density at radius 1 is 1.38 bits per heavy atom. The minimum Gasteiger partial charge on any atom is -0.494 e. The number of nitrogens with one attached hydrogen (secondary N) is 2. The third-order valence-electron chi connectivity index (χ3n) is 3.82. The summed E-state index contributed by atoms with van der Waals surface area (Å²) in [6, 6.07) is 4.17. The van der Waals surface area contributed by atoms with Crippen LogP contribution in [0.1, 0.15) is 38.8 Å². The molecule has 136 valence electrons. The Kier molecular flexibility index (Phi) is 8.36. The van der Waals surface area contributed by atoms with Gasteiger partial charge >= 0.3 is 0 Å². The topological polar surface area (TPSA) is 59.6 Å². The molecule has 6 heteroatoms. The lowest BCUT2D eigenvalue weighted by Gasteiger charge is -2.14. The number of fused-ring (bicyclic) bond motifs is 1. The first-order chi connectivity index (χ1) is 11.0. The summed E-state index contributed by atoms with van der Waals surface area (Å²) in [5, 5.41) is 6.25. The van der Waals surface area contributed by atoms with Crippen LogP contribution in [0.3, 0.4) is 0 Å². The maximum atomic E-state index is 11.5. The molecule has 0 bridgehead atoms. The fraction of sp³-hybridized carbons (Fsp3) is 0.611. The van der Waals surface area contributed by atoms with Crippen molar-refractivity contribution in [3.05, 3.63) is 23.3 Å². The summed E-state index contributed by atoms with van der Waals surface area (Å²) in [6.45, 7) is 10.5. The fourth-order valence-electron chi connectivity index (χ4n) is 2.61. The number of ether oxygens (including phenoxy) is 2. The maximum Gasteiger partial charge on any atom is 0.222 e. The molecular weight excluding hydrogens is 328 g/mol. The van der Waals surface area contributed by atoms with Crippen LogP contribution in [0.15, 0.2) is 12.1 Å². The molecular formula is C18H29ClN2O3. The van der Waals surface area contributed by atoms with E-state index in [0.717, 1.165) is 30.0 Å². The first-order valence-electron chi connectivity index (χ1n) is 8.45. The van der Waals surface area contributed by atoms with Crippen LogP contribution in [0.2, 0.25) is 0 Å². The normalized spacial score (nSPS) is 15.5. The lowest BCUT2D eigenvalue weighted by atomic mass is 10.1. The molecule has 1 unspecified atom stereocenters. The summed E-state index contributed by atoms with van der Waals surface area (Å²) in [5.74, 6) is 1.99. The Morgan fingerprint density at radius 3 is 2.79 bits per heavy atom. The van der Waals surface area contributed by atoms with Gasteiger partial charge in [-0.1, -0.05) is 13.8 Å². The summed E-state index contributed by atoms with van der Waals surface area (Å²) in [6.07, 6.45) is 1.17. The van der Waals surface area contributed by atoms with Gasteiger partial charge in [0.15, 0.2) is 0 Å². The minimum atomic E-state index is 0. The molecule has 0 saturated carbocycles. The van der Waals surface area contributed by atoms with Crippen LogP contribution in [0.25, 0.3) is 0 Å². The second-order valence-corrected chi connectivity index (χ2v) is 6.26. The molecule has 2 rings (SSSR count). The highest BCUT2D eigenvalue weighted by molar-refractivity contribution is 5.85. The van der Waals surface area contributed by atoms with E-state index < -0.39 is 0 Å². The van der Waals surface area contributed by atoms with Gasteiger partial charge in [-0.25, -0.2) is 0 Å². The first kappa shape index (κ1) is 20.6. The number of rotatable bonds is 8. The van der Waals surface area contributed by atoms with Crippen molar-refractivity contribution >= 4 is 18.3 Å². The number of amides is 1. The Hall–Kier alpha value is -1.46. The molecule has 5 nitrogen and oxygen atoms in total. The lowest BCUT2D eigenvalue weighted by molar-refractivity contribution is -0.123. The quantitative estimate of drug-likeness (QED) is 0.703. The molecule has 1 amide bonds. The molecule has 0 fully saturated rings. The van der Waals surface area contributed by atoms with Crippen LogP contribution in [-0.4, -0.2) is 31.7 Å². The van der Waals surface area contributed by atoms with Crippen LogP contribution in [0, 0.1) is 5.92 Å². The highest BCUT2D eigenvalue weighted by atomic mass is 35.5. The zero-order chi connectivity index (χ0) is 16.8. The predicted molar refractivity (Wildman–Crippen MR) is 98.2 cm³/mol. The second kappa shape index (κ2) is 9.74. The number of hydrogen-bond donors (Lipinski definition) is 2. The van der Waals surface area contributed by atoms with E-state index in [4.69, 9.17) is 9.47 Å². The van der Waals surface area contributed by atoms with Gasteiger partial charge in [0.25, 0.3) is 0 Å². The van der Waals surface area contributed by atoms with E-state index in [-0.39, 0.29) is 30.3 Å². The molecule has 2 N–H and O–H groups in total. The standard InChI is InChI=1S/C18H28N2O3.ClH/c1-5-22-16-9-14-8-13(4)23-17(14)10-15(16)11-19-6-7-20-18(21)12(2)3;/h9-10,12-13,19H,5-8,11H2,1-4H3,(H,20,21);1H. The lowest BCUT2D eigenvalue weighted by Crippen LogP contribution is -2.34. The van der Waals surface area contributed by atoms with Crippen LogP contribution in [-0.2, 0) is 17.8 Å². The number of carbonyl (C=O) groups is 1. The molecule has 0 aromatic heterocycles. The van der Waals surface area contributed by atoms with Gasteiger partial charge in [-0.2, -0.15) is 0 Å². The van der Waals surface area contributed by atoms with Crippen molar-refractivity contribution < 1.29 is 14.3 Å². The molecule has 1 heterocycles. The number of hydrogen-bond acceptors (Lipinski definition) is 4. The molecule has 0 aliphatic carbocycles. The second-order valence-electron chi connectivity index (χ2n) is 6.26. The SMILES string of the molecule is CCOc1cc2c(cc1CNCCNC(=O)C(C)C)OC(C)C2.Cl. The van der Waals surface area contributed by atoms with Crippen LogP contribution in [0.4, 0.5) is 0 Å². The Labute approximate surface area is 150 Å². The van der Waals surface area contributed by atoms with Crippen molar-refractivity contribution in [1.82, 2.24) is 10.6 Å². The van der Waals surface area contributed by atoms with E-state index in [1.807, 2.05) is 20.8 Å². The molecule has 1 aromatic rings. The van der Waals surface area contributed by atoms with Crippen molar-refractivity contribution in [2.75, 3.05) is 19.7 Å². The Bertz CT molecular complexity index is 549. The molecule has 0 saturated heterocycles. The van der Waals surface area contributed by atoms with E-state index in [1.54, 1.807) is 0 Å². The average molecular weight is 357 g/mol. The van der Waals surface area contributed by atoms with Crippen LogP contribution in [0.5, 0.6) is 11.5 Å². The molecule has 0 spiro atoms. The maximum absolute atomic E-state index is 11.5. The summed E-state index contributed by atoms with van der Waals surface area (Å²) < 4.78 is 11.6. The largest absolute Gasteiger partial charge is 0.494 e. The van der Waals surface area contributed by atoms with E-state index in [2.05, 4.69) is 29.7 Å². The molecule has 1 atom stereocenters. The molecule has 1 aliphatic rings. The molecule has 1 aliphatic heterocycles. The third-order valence-corrected chi connectivity index (χ3v) is 3.82. The van der Waals surface area contributed by atoms with Crippen molar-refractivity contribution in [3.8, 4) is 11.5 Å². The average Bonchev–Trinajstić information content (AvgIpc) is 2.85.